The van der Waals surface area contributed by atoms with Crippen LogP contribution in [0.25, 0.3) is 10.9 Å². The summed E-state index contributed by atoms with van der Waals surface area (Å²) >= 11 is 0. The van der Waals surface area contributed by atoms with Gasteiger partial charge in [0.1, 0.15) is 13.2 Å². The van der Waals surface area contributed by atoms with E-state index in [1.807, 2.05) is 24.3 Å². The first-order valence-corrected chi connectivity index (χ1v) is 5.44. The van der Waals surface area contributed by atoms with Gasteiger partial charge in [-0.05, 0) is 6.07 Å². The lowest BCUT2D eigenvalue weighted by Gasteiger charge is -2.05. The lowest BCUT2D eigenvalue weighted by molar-refractivity contribution is -0.138. The molecule has 0 aliphatic carbocycles. The van der Waals surface area contributed by atoms with E-state index < -0.39 is 5.97 Å². The zero-order valence-corrected chi connectivity index (χ0v) is 9.70. The molecule has 0 aliphatic rings. The zero-order valence-electron chi connectivity index (χ0n) is 9.70. The molecule has 18 heavy (non-hydrogen) atoms. The van der Waals surface area contributed by atoms with E-state index in [0.29, 0.717) is 5.88 Å². The van der Waals surface area contributed by atoms with Crippen molar-refractivity contribution in [1.82, 2.24) is 10.2 Å². The summed E-state index contributed by atoms with van der Waals surface area (Å²) in [5, 5.41) is 8.87. The van der Waals surface area contributed by atoms with Crippen molar-refractivity contribution >= 4 is 16.9 Å². The summed E-state index contributed by atoms with van der Waals surface area (Å²) < 4.78 is 10.1. The van der Waals surface area contributed by atoms with Crippen LogP contribution in [0.3, 0.4) is 0 Å². The smallest absolute Gasteiger partial charge is 0.330 e. The zero-order chi connectivity index (χ0) is 12.8. The average Bonchev–Trinajstić information content (AvgIpc) is 2.43. The summed E-state index contributed by atoms with van der Waals surface area (Å²) in [4.78, 5) is 10.8. The molecule has 0 fully saturated rings. The number of benzene rings is 1. The van der Waals surface area contributed by atoms with E-state index in [2.05, 4.69) is 16.8 Å². The van der Waals surface area contributed by atoms with Crippen LogP contribution in [0.4, 0.5) is 0 Å². The standard InChI is InChI=1S/C13H12N2O3/c1-2-13(16)18-8-7-17-12-9-10-5-3-4-6-11(10)14-15-12/h2-6,9H,1,7-8H2. The van der Waals surface area contributed by atoms with Gasteiger partial charge in [-0.2, -0.15) is 0 Å². The Morgan fingerprint density at radius 3 is 2.94 bits per heavy atom. The number of rotatable bonds is 5. The molecule has 1 heterocycles. The minimum absolute atomic E-state index is 0.152. The number of carbonyl (C=O) groups excluding carboxylic acids is 1. The van der Waals surface area contributed by atoms with Crippen LogP contribution < -0.4 is 4.74 Å². The van der Waals surface area contributed by atoms with Gasteiger partial charge < -0.3 is 9.47 Å². The maximum atomic E-state index is 10.8. The van der Waals surface area contributed by atoms with E-state index in [9.17, 15) is 4.79 Å². The summed E-state index contributed by atoms with van der Waals surface area (Å²) in [6.45, 7) is 3.67. The maximum Gasteiger partial charge on any atom is 0.330 e. The highest BCUT2D eigenvalue weighted by Crippen LogP contribution is 2.14. The van der Waals surface area contributed by atoms with Gasteiger partial charge in [0.15, 0.2) is 0 Å². The molecule has 0 saturated carbocycles. The van der Waals surface area contributed by atoms with E-state index in [-0.39, 0.29) is 13.2 Å². The molecule has 0 N–H and O–H groups in total. The second-order valence-corrected chi connectivity index (χ2v) is 3.46. The van der Waals surface area contributed by atoms with Crippen molar-refractivity contribution in [3.63, 3.8) is 0 Å². The Hall–Kier alpha value is -2.43. The largest absolute Gasteiger partial charge is 0.473 e. The average molecular weight is 244 g/mol. The van der Waals surface area contributed by atoms with E-state index in [4.69, 9.17) is 9.47 Å². The molecule has 2 rings (SSSR count). The van der Waals surface area contributed by atoms with E-state index in [0.717, 1.165) is 17.0 Å². The second-order valence-electron chi connectivity index (χ2n) is 3.46. The van der Waals surface area contributed by atoms with Gasteiger partial charge in [-0.15, -0.1) is 10.2 Å². The molecule has 0 spiro atoms. The normalized spacial score (nSPS) is 10.0. The topological polar surface area (TPSA) is 61.3 Å². The van der Waals surface area contributed by atoms with Crippen LogP contribution in [-0.4, -0.2) is 29.4 Å². The molecular weight excluding hydrogens is 232 g/mol. The van der Waals surface area contributed by atoms with Crippen molar-refractivity contribution in [3.05, 3.63) is 43.0 Å². The molecule has 0 aliphatic heterocycles. The number of ether oxygens (including phenoxy) is 2. The minimum Gasteiger partial charge on any atom is -0.473 e. The van der Waals surface area contributed by atoms with Crippen molar-refractivity contribution in [1.29, 1.82) is 0 Å². The molecule has 92 valence electrons. The fourth-order valence-corrected chi connectivity index (χ4v) is 1.38. The first-order valence-electron chi connectivity index (χ1n) is 5.44. The summed E-state index contributed by atoms with van der Waals surface area (Å²) in [7, 11) is 0. The van der Waals surface area contributed by atoms with Crippen LogP contribution in [0.5, 0.6) is 5.88 Å². The quantitative estimate of drug-likeness (QED) is 0.455. The first-order chi connectivity index (χ1) is 8.79. The van der Waals surface area contributed by atoms with Gasteiger partial charge in [-0.1, -0.05) is 24.8 Å². The number of fused-ring (bicyclic) bond motifs is 1. The van der Waals surface area contributed by atoms with Crippen LogP contribution in [0.15, 0.2) is 43.0 Å². The first kappa shape index (κ1) is 12.0. The molecule has 0 bridgehead atoms. The summed E-state index contributed by atoms with van der Waals surface area (Å²) in [5.74, 6) is -0.0634. The van der Waals surface area contributed by atoms with Gasteiger partial charge in [0.05, 0.1) is 5.52 Å². The Morgan fingerprint density at radius 2 is 2.11 bits per heavy atom. The third kappa shape index (κ3) is 3.04. The maximum absolute atomic E-state index is 10.8. The summed E-state index contributed by atoms with van der Waals surface area (Å²) in [5.41, 5.74) is 0.808. The Kier molecular flexibility index (Phi) is 3.86. The number of carbonyl (C=O) groups is 1. The highest BCUT2D eigenvalue weighted by molar-refractivity contribution is 5.81. The number of aromatic nitrogens is 2. The van der Waals surface area contributed by atoms with Crippen LogP contribution in [-0.2, 0) is 9.53 Å². The SMILES string of the molecule is C=CC(=O)OCCOc1cc2ccccc2nn1. The molecule has 1 aromatic carbocycles. The molecule has 0 unspecified atom stereocenters. The molecule has 1 aromatic heterocycles. The van der Waals surface area contributed by atoms with Crippen molar-refractivity contribution in [2.24, 2.45) is 0 Å². The summed E-state index contributed by atoms with van der Waals surface area (Å²) in [6.07, 6.45) is 1.11. The highest BCUT2D eigenvalue weighted by atomic mass is 16.6. The Balaban J connectivity index is 1.91. The van der Waals surface area contributed by atoms with Gasteiger partial charge in [0, 0.05) is 17.5 Å². The van der Waals surface area contributed by atoms with Gasteiger partial charge in [0.25, 0.3) is 0 Å². The Bertz CT molecular complexity index is 569. The van der Waals surface area contributed by atoms with E-state index in [1.54, 1.807) is 6.07 Å². The predicted octanol–water partition coefficient (Wildman–Crippen LogP) is 1.74. The van der Waals surface area contributed by atoms with Crippen molar-refractivity contribution in [2.75, 3.05) is 13.2 Å². The number of nitrogens with zero attached hydrogens (tertiary/aromatic N) is 2. The molecule has 5 heteroatoms. The van der Waals surface area contributed by atoms with Crippen molar-refractivity contribution in [2.45, 2.75) is 0 Å². The van der Waals surface area contributed by atoms with Crippen molar-refractivity contribution < 1.29 is 14.3 Å². The number of hydrogen-bond donors (Lipinski definition) is 0. The fraction of sp³-hybridized carbons (Fsp3) is 0.154. The van der Waals surface area contributed by atoms with Gasteiger partial charge in [-0.3, -0.25) is 0 Å². The van der Waals surface area contributed by atoms with Gasteiger partial charge in [0.2, 0.25) is 5.88 Å². The molecule has 5 nitrogen and oxygen atoms in total. The van der Waals surface area contributed by atoms with E-state index >= 15 is 0 Å². The van der Waals surface area contributed by atoms with E-state index in [1.165, 1.54) is 0 Å². The van der Waals surface area contributed by atoms with Crippen molar-refractivity contribution in [3.8, 4) is 5.88 Å². The van der Waals surface area contributed by atoms with Crippen LogP contribution in [0.2, 0.25) is 0 Å². The lowest BCUT2D eigenvalue weighted by atomic mass is 10.2. The predicted molar refractivity (Wildman–Crippen MR) is 66.2 cm³/mol. The molecule has 0 atom stereocenters. The number of hydrogen-bond acceptors (Lipinski definition) is 5. The molecule has 0 radical (unpaired) electrons. The summed E-state index contributed by atoms with van der Waals surface area (Å²) in [6, 6.07) is 9.40. The highest BCUT2D eigenvalue weighted by Gasteiger charge is 2.01. The monoisotopic (exact) mass is 244 g/mol. The molecule has 2 aromatic rings. The second kappa shape index (κ2) is 5.77. The minimum atomic E-state index is -0.469. The molecule has 0 amide bonds. The fourth-order valence-electron chi connectivity index (χ4n) is 1.38. The third-order valence-electron chi connectivity index (χ3n) is 2.22. The van der Waals surface area contributed by atoms with Gasteiger partial charge >= 0.3 is 5.97 Å². The number of esters is 1. The van der Waals surface area contributed by atoms with Gasteiger partial charge in [-0.25, -0.2) is 4.79 Å². The Morgan fingerprint density at radius 1 is 1.28 bits per heavy atom. The molecule has 0 saturated heterocycles. The lowest BCUT2D eigenvalue weighted by Crippen LogP contribution is -2.10. The van der Waals surface area contributed by atoms with Crippen LogP contribution in [0.1, 0.15) is 0 Å². The third-order valence-corrected chi connectivity index (χ3v) is 2.22. The van der Waals surface area contributed by atoms with Crippen LogP contribution >= 0.6 is 0 Å². The van der Waals surface area contributed by atoms with Crippen LogP contribution in [0, 0.1) is 0 Å². The molecular formula is C13H12N2O3. The Labute approximate surface area is 104 Å².